The number of aryl methyl sites for hydroxylation is 1. The molecule has 2 heterocycles. The molecule has 0 amide bonds. The Hall–Kier alpha value is -2.43. The van der Waals surface area contributed by atoms with Gasteiger partial charge >= 0.3 is 0 Å². The summed E-state index contributed by atoms with van der Waals surface area (Å²) in [5, 5.41) is 0. The first-order valence-corrected chi connectivity index (χ1v) is 14.0. The van der Waals surface area contributed by atoms with Gasteiger partial charge in [-0.05, 0) is 62.2 Å². The number of aromatic nitrogens is 2. The summed E-state index contributed by atoms with van der Waals surface area (Å²) in [6.45, 7) is 3.93. The van der Waals surface area contributed by atoms with Gasteiger partial charge in [-0.3, -0.25) is 0 Å². The van der Waals surface area contributed by atoms with Crippen LogP contribution in [0.5, 0.6) is 5.75 Å². The van der Waals surface area contributed by atoms with Crippen molar-refractivity contribution in [2.45, 2.75) is 49.1 Å². The normalized spacial score (nSPS) is 15.8. The first-order chi connectivity index (χ1) is 15.2. The van der Waals surface area contributed by atoms with Gasteiger partial charge in [0.25, 0.3) is 0 Å². The van der Waals surface area contributed by atoms with E-state index in [2.05, 4.69) is 4.98 Å². The Balaban J connectivity index is 1.58. The molecule has 3 aromatic rings. The molecule has 0 radical (unpaired) electrons. The Morgan fingerprint density at radius 3 is 2.22 bits per heavy atom. The average molecular weight is 478 g/mol. The highest BCUT2D eigenvalue weighted by Gasteiger charge is 2.26. The highest BCUT2D eigenvalue weighted by Crippen LogP contribution is 2.26. The van der Waals surface area contributed by atoms with Crippen molar-refractivity contribution in [2.75, 3.05) is 19.3 Å². The number of fused-ring (bicyclic) bond motifs is 1. The van der Waals surface area contributed by atoms with Crippen LogP contribution in [0.15, 0.2) is 52.3 Å². The number of sulfone groups is 1. The van der Waals surface area contributed by atoms with Gasteiger partial charge in [-0.15, -0.1) is 0 Å². The molecule has 0 saturated carbocycles. The summed E-state index contributed by atoms with van der Waals surface area (Å²) in [4.78, 5) is 5.12. The predicted octanol–water partition coefficient (Wildman–Crippen LogP) is 3.21. The number of nitrogens with zero attached hydrogens (tertiary/aromatic N) is 3. The number of rotatable bonds is 7. The monoisotopic (exact) mass is 477 g/mol. The molecule has 1 aliphatic heterocycles. The van der Waals surface area contributed by atoms with Crippen LogP contribution in [0.2, 0.25) is 0 Å². The van der Waals surface area contributed by atoms with Crippen molar-refractivity contribution in [3.63, 3.8) is 0 Å². The largest absolute Gasteiger partial charge is 0.486 e. The zero-order valence-electron chi connectivity index (χ0n) is 18.2. The van der Waals surface area contributed by atoms with Gasteiger partial charge in [-0.2, -0.15) is 4.31 Å². The van der Waals surface area contributed by atoms with E-state index in [1.54, 1.807) is 34.6 Å². The molecule has 0 unspecified atom stereocenters. The number of hydrogen-bond donors (Lipinski definition) is 0. The van der Waals surface area contributed by atoms with E-state index in [1.807, 2.05) is 11.5 Å². The van der Waals surface area contributed by atoms with Crippen molar-refractivity contribution in [2.24, 2.45) is 0 Å². The van der Waals surface area contributed by atoms with Crippen molar-refractivity contribution in [1.29, 1.82) is 0 Å². The maximum absolute atomic E-state index is 13.0. The molecule has 2 aromatic carbocycles. The Morgan fingerprint density at radius 2 is 1.59 bits per heavy atom. The second-order valence-electron chi connectivity index (χ2n) is 7.92. The number of ether oxygens (including phenoxy) is 1. The second kappa shape index (κ2) is 8.84. The van der Waals surface area contributed by atoms with Gasteiger partial charge in [0, 0.05) is 25.9 Å². The molecule has 1 aromatic heterocycles. The predicted molar refractivity (Wildman–Crippen MR) is 122 cm³/mol. The average Bonchev–Trinajstić information content (AvgIpc) is 3.14. The topological polar surface area (TPSA) is 98.6 Å². The van der Waals surface area contributed by atoms with E-state index in [0.717, 1.165) is 31.0 Å². The number of hydrogen-bond acceptors (Lipinski definition) is 6. The van der Waals surface area contributed by atoms with Crippen LogP contribution in [0.3, 0.4) is 0 Å². The van der Waals surface area contributed by atoms with Crippen LogP contribution in [0, 0.1) is 0 Å². The summed E-state index contributed by atoms with van der Waals surface area (Å²) in [7, 11) is -6.80. The van der Waals surface area contributed by atoms with Crippen LogP contribution in [0.1, 0.15) is 32.0 Å². The molecule has 0 atom stereocenters. The lowest BCUT2D eigenvalue weighted by Gasteiger charge is -2.25. The van der Waals surface area contributed by atoms with Gasteiger partial charge in [0.2, 0.25) is 10.0 Å². The molecule has 0 N–H and O–H groups in total. The Kier molecular flexibility index (Phi) is 6.28. The molecule has 8 nitrogen and oxygen atoms in total. The van der Waals surface area contributed by atoms with E-state index in [-0.39, 0.29) is 16.4 Å². The summed E-state index contributed by atoms with van der Waals surface area (Å²) >= 11 is 0. The maximum Gasteiger partial charge on any atom is 0.243 e. The molecule has 32 heavy (non-hydrogen) atoms. The second-order valence-corrected chi connectivity index (χ2v) is 11.9. The number of benzene rings is 2. The molecule has 0 aliphatic carbocycles. The van der Waals surface area contributed by atoms with Gasteiger partial charge in [-0.1, -0.05) is 6.42 Å². The molecule has 1 fully saturated rings. The Bertz CT molecular complexity index is 1320. The number of piperidine rings is 1. The summed E-state index contributed by atoms with van der Waals surface area (Å²) < 4.78 is 58.6. The van der Waals surface area contributed by atoms with Crippen molar-refractivity contribution >= 4 is 30.9 Å². The van der Waals surface area contributed by atoms with Crippen LogP contribution < -0.4 is 4.74 Å². The molecule has 1 aliphatic rings. The highest BCUT2D eigenvalue weighted by molar-refractivity contribution is 7.90. The van der Waals surface area contributed by atoms with Crippen molar-refractivity contribution in [1.82, 2.24) is 13.9 Å². The van der Waals surface area contributed by atoms with Crippen LogP contribution in [-0.2, 0) is 33.0 Å². The van der Waals surface area contributed by atoms with E-state index >= 15 is 0 Å². The first-order valence-electron chi connectivity index (χ1n) is 10.6. The van der Waals surface area contributed by atoms with E-state index in [1.165, 1.54) is 12.1 Å². The summed E-state index contributed by atoms with van der Waals surface area (Å²) in [6.07, 6.45) is 4.00. The Labute approximate surface area is 188 Å². The number of sulfonamides is 1. The maximum atomic E-state index is 13.0. The zero-order valence-corrected chi connectivity index (χ0v) is 19.8. The SMILES string of the molecule is CCn1c(COc2ccc(S(C)(=O)=O)cc2)nc2cc(S(=O)(=O)N3CCCCC3)ccc21. The van der Waals surface area contributed by atoms with Crippen LogP contribution in [0.25, 0.3) is 11.0 Å². The minimum atomic E-state index is -3.53. The number of imidazole rings is 1. The summed E-state index contributed by atoms with van der Waals surface area (Å²) in [5.74, 6) is 1.20. The zero-order chi connectivity index (χ0) is 22.9. The van der Waals surface area contributed by atoms with Crippen LogP contribution in [-0.4, -0.2) is 50.0 Å². The van der Waals surface area contributed by atoms with E-state index in [9.17, 15) is 16.8 Å². The van der Waals surface area contributed by atoms with Gasteiger partial charge in [0.15, 0.2) is 9.84 Å². The smallest absolute Gasteiger partial charge is 0.243 e. The lowest BCUT2D eigenvalue weighted by Crippen LogP contribution is -2.35. The van der Waals surface area contributed by atoms with E-state index in [0.29, 0.717) is 36.7 Å². The lowest BCUT2D eigenvalue weighted by molar-refractivity contribution is 0.290. The third-order valence-corrected chi connectivity index (χ3v) is 8.71. The summed E-state index contributed by atoms with van der Waals surface area (Å²) in [5.41, 5.74) is 1.45. The lowest BCUT2D eigenvalue weighted by atomic mass is 10.2. The first kappa shape index (κ1) is 22.8. The van der Waals surface area contributed by atoms with Gasteiger partial charge in [0.1, 0.15) is 18.2 Å². The molecule has 0 spiro atoms. The van der Waals surface area contributed by atoms with Crippen molar-refractivity contribution < 1.29 is 21.6 Å². The van der Waals surface area contributed by atoms with Gasteiger partial charge < -0.3 is 9.30 Å². The minimum absolute atomic E-state index is 0.176. The molecule has 4 rings (SSSR count). The van der Waals surface area contributed by atoms with E-state index < -0.39 is 19.9 Å². The van der Waals surface area contributed by atoms with E-state index in [4.69, 9.17) is 4.74 Å². The molecular formula is C22H27N3O5S2. The molecule has 172 valence electrons. The van der Waals surface area contributed by atoms with Gasteiger partial charge in [0.05, 0.1) is 20.8 Å². The fourth-order valence-electron chi connectivity index (χ4n) is 3.97. The quantitative estimate of drug-likeness (QED) is 0.518. The Morgan fingerprint density at radius 1 is 0.938 bits per heavy atom. The molecule has 1 saturated heterocycles. The third-order valence-electron chi connectivity index (χ3n) is 5.69. The summed E-state index contributed by atoms with van der Waals surface area (Å²) in [6, 6.07) is 11.3. The fraction of sp³-hybridized carbons (Fsp3) is 0.409. The minimum Gasteiger partial charge on any atom is -0.486 e. The molecule has 0 bridgehead atoms. The van der Waals surface area contributed by atoms with Gasteiger partial charge in [-0.25, -0.2) is 21.8 Å². The standard InChI is InChI=1S/C22H27N3O5S2/c1-3-25-21-12-11-19(32(28,29)24-13-5-4-6-14-24)15-20(21)23-22(25)16-30-17-7-9-18(10-8-17)31(2,26)27/h7-12,15H,3-6,13-14,16H2,1-2H3. The third kappa shape index (κ3) is 4.53. The molecular weight excluding hydrogens is 450 g/mol. The van der Waals surface area contributed by atoms with Crippen molar-refractivity contribution in [3.05, 3.63) is 48.3 Å². The fourth-order valence-corrected chi connectivity index (χ4v) is 6.14. The highest BCUT2D eigenvalue weighted by atomic mass is 32.2. The molecule has 10 heteroatoms. The van der Waals surface area contributed by atoms with Crippen molar-refractivity contribution in [3.8, 4) is 5.75 Å². The van der Waals surface area contributed by atoms with Crippen LogP contribution in [0.4, 0.5) is 0 Å². The van der Waals surface area contributed by atoms with Crippen LogP contribution >= 0.6 is 0 Å².